The van der Waals surface area contributed by atoms with E-state index in [9.17, 15) is 14.4 Å². The molecule has 0 heterocycles. The first-order valence-electron chi connectivity index (χ1n) is 7.40. The third-order valence-electron chi connectivity index (χ3n) is 3.48. The van der Waals surface area contributed by atoms with Gasteiger partial charge >= 0.3 is 12.1 Å². The van der Waals surface area contributed by atoms with E-state index in [1.165, 1.54) is 30.3 Å². The number of ketones is 1. The van der Waals surface area contributed by atoms with Gasteiger partial charge in [-0.1, -0.05) is 18.2 Å². The van der Waals surface area contributed by atoms with Gasteiger partial charge in [0.15, 0.2) is 5.78 Å². The van der Waals surface area contributed by atoms with E-state index in [2.05, 4.69) is 0 Å². The number of hydrogen-bond acceptors (Lipinski definition) is 5. The molecule has 0 aliphatic carbocycles. The van der Waals surface area contributed by atoms with Crippen LogP contribution in [0.4, 0.5) is 21.0 Å². The summed E-state index contributed by atoms with van der Waals surface area (Å²) in [6.07, 6.45) is 2.95. The van der Waals surface area contributed by atoms with Crippen molar-refractivity contribution in [3.63, 3.8) is 0 Å². The second kappa shape index (κ2) is 7.92. The number of carbonyl (C=O) groups excluding carboxylic acids is 3. The van der Waals surface area contributed by atoms with Crippen LogP contribution in [0.2, 0.25) is 0 Å². The molecule has 26 heavy (non-hydrogen) atoms. The second-order valence-electron chi connectivity index (χ2n) is 5.26. The fraction of sp³-hybridized carbons (Fsp3) is 0. The molecule has 0 aliphatic rings. The molecule has 0 aliphatic heterocycles. The molecule has 0 atom stereocenters. The lowest BCUT2D eigenvalue weighted by atomic mass is 10.1. The second-order valence-corrected chi connectivity index (χ2v) is 5.26. The zero-order valence-corrected chi connectivity index (χ0v) is 13.7. The van der Waals surface area contributed by atoms with Crippen molar-refractivity contribution in [2.45, 2.75) is 0 Å². The molecule has 0 bridgehead atoms. The van der Waals surface area contributed by atoms with E-state index < -0.39 is 12.1 Å². The molecule has 0 aromatic heterocycles. The van der Waals surface area contributed by atoms with Crippen LogP contribution < -0.4 is 33.2 Å². The molecular weight excluding hydrogens is 336 g/mol. The predicted octanol–water partition coefficient (Wildman–Crippen LogP) is 1.10. The average molecular weight is 354 g/mol. The highest BCUT2D eigenvalue weighted by Gasteiger charge is 2.09. The Morgan fingerprint density at radius 3 is 1.96 bits per heavy atom. The van der Waals surface area contributed by atoms with Crippen molar-refractivity contribution < 1.29 is 14.4 Å². The van der Waals surface area contributed by atoms with Gasteiger partial charge in [0.05, 0.1) is 11.4 Å². The molecular formula is C17H18N6O3. The first-order chi connectivity index (χ1) is 12.3. The van der Waals surface area contributed by atoms with Crippen LogP contribution in [0.1, 0.15) is 15.9 Å². The van der Waals surface area contributed by atoms with Gasteiger partial charge in [-0.3, -0.25) is 4.79 Å². The van der Waals surface area contributed by atoms with Crippen molar-refractivity contribution in [3.8, 4) is 0 Å². The van der Waals surface area contributed by atoms with Crippen molar-refractivity contribution in [1.82, 2.24) is 0 Å². The number of benzene rings is 2. The Balaban J connectivity index is 2.13. The number of carbonyl (C=O) groups is 3. The number of primary amides is 2. The number of nitrogens with zero attached hydrogens (tertiary/aromatic N) is 2. The van der Waals surface area contributed by atoms with E-state index in [0.717, 1.165) is 10.0 Å². The van der Waals surface area contributed by atoms with Crippen molar-refractivity contribution >= 4 is 35.3 Å². The topological polar surface area (TPSA) is 162 Å². The number of amides is 4. The normalized spacial score (nSPS) is 10.5. The molecule has 2 aromatic carbocycles. The Labute approximate surface area is 149 Å². The summed E-state index contributed by atoms with van der Waals surface area (Å²) in [6.45, 7) is 0. The Bertz CT molecular complexity index is 863. The van der Waals surface area contributed by atoms with Crippen LogP contribution in [0.5, 0.6) is 0 Å². The summed E-state index contributed by atoms with van der Waals surface area (Å²) in [4.78, 5) is 34.3. The van der Waals surface area contributed by atoms with E-state index >= 15 is 0 Å². The molecule has 0 fully saturated rings. The van der Waals surface area contributed by atoms with E-state index in [1.807, 2.05) is 0 Å². The van der Waals surface area contributed by atoms with Crippen LogP contribution in [0, 0.1) is 0 Å². The average Bonchev–Trinajstić information content (AvgIpc) is 2.65. The molecule has 0 saturated heterocycles. The SMILES string of the molecule is NC(=O)N(N)c1ccc(C(=O)/C=C/c2cccc(N(N)C(N)=O)c2)cc1. The minimum Gasteiger partial charge on any atom is -0.350 e. The summed E-state index contributed by atoms with van der Waals surface area (Å²) in [5.74, 6) is 10.7. The van der Waals surface area contributed by atoms with E-state index in [4.69, 9.17) is 23.2 Å². The molecule has 0 saturated carbocycles. The minimum absolute atomic E-state index is 0.260. The molecule has 0 spiro atoms. The minimum atomic E-state index is -0.811. The van der Waals surface area contributed by atoms with Crippen molar-refractivity contribution in [2.24, 2.45) is 23.2 Å². The Kier molecular flexibility index (Phi) is 5.68. The standard InChI is InChI=1S/C17H18N6O3/c18-16(25)22(20)13-7-5-12(6-8-13)15(24)9-4-11-2-1-3-14(10-11)23(21)17(19)26/h1-10H,20-21H2,(H2,18,25)(H2,19,26)/b9-4+. The first kappa shape index (κ1) is 18.6. The van der Waals surface area contributed by atoms with Gasteiger partial charge in [-0.25, -0.2) is 31.3 Å². The zero-order valence-electron chi connectivity index (χ0n) is 13.7. The molecule has 0 unspecified atom stereocenters. The first-order valence-corrected chi connectivity index (χ1v) is 7.40. The predicted molar refractivity (Wildman–Crippen MR) is 98.7 cm³/mol. The summed E-state index contributed by atoms with van der Waals surface area (Å²) >= 11 is 0. The quantitative estimate of drug-likeness (QED) is 0.207. The maximum Gasteiger partial charge on any atom is 0.333 e. The monoisotopic (exact) mass is 354 g/mol. The maximum absolute atomic E-state index is 12.2. The lowest BCUT2D eigenvalue weighted by Gasteiger charge is -2.13. The third kappa shape index (κ3) is 4.44. The van der Waals surface area contributed by atoms with E-state index in [0.29, 0.717) is 22.5 Å². The molecule has 9 heteroatoms. The van der Waals surface area contributed by atoms with Gasteiger partial charge in [-0.05, 0) is 48.0 Å². The molecule has 134 valence electrons. The van der Waals surface area contributed by atoms with Gasteiger partial charge in [0.2, 0.25) is 0 Å². The lowest BCUT2D eigenvalue weighted by Crippen LogP contribution is -2.41. The summed E-state index contributed by atoms with van der Waals surface area (Å²) in [5, 5.41) is 1.57. The summed E-state index contributed by atoms with van der Waals surface area (Å²) in [6, 6.07) is 11.1. The Morgan fingerprint density at radius 2 is 1.38 bits per heavy atom. The number of nitrogens with two attached hydrogens (primary N) is 4. The number of allylic oxidation sites excluding steroid dienone is 1. The van der Waals surface area contributed by atoms with Crippen molar-refractivity contribution in [1.29, 1.82) is 0 Å². The smallest absolute Gasteiger partial charge is 0.333 e. The van der Waals surface area contributed by atoms with Gasteiger partial charge in [0, 0.05) is 5.56 Å². The largest absolute Gasteiger partial charge is 0.350 e. The summed E-state index contributed by atoms with van der Waals surface area (Å²) in [7, 11) is 0. The zero-order chi connectivity index (χ0) is 19.3. The molecule has 2 rings (SSSR count). The Hall–Kier alpha value is -3.69. The molecule has 4 amide bonds. The molecule has 8 N–H and O–H groups in total. The van der Waals surface area contributed by atoms with Gasteiger partial charge < -0.3 is 11.5 Å². The van der Waals surface area contributed by atoms with E-state index in [-0.39, 0.29) is 5.78 Å². The number of hydrogen-bond donors (Lipinski definition) is 4. The fourth-order valence-electron chi connectivity index (χ4n) is 2.09. The summed E-state index contributed by atoms with van der Waals surface area (Å²) < 4.78 is 0. The maximum atomic E-state index is 12.2. The van der Waals surface area contributed by atoms with Gasteiger partial charge in [0.25, 0.3) is 0 Å². The van der Waals surface area contributed by atoms with Gasteiger partial charge in [-0.2, -0.15) is 0 Å². The highest BCUT2D eigenvalue weighted by molar-refractivity contribution is 6.07. The Morgan fingerprint density at radius 1 is 0.808 bits per heavy atom. The van der Waals surface area contributed by atoms with Crippen LogP contribution in [0.25, 0.3) is 6.08 Å². The number of urea groups is 2. The highest BCUT2D eigenvalue weighted by atomic mass is 16.2. The van der Waals surface area contributed by atoms with Gasteiger partial charge in [-0.15, -0.1) is 0 Å². The third-order valence-corrected chi connectivity index (χ3v) is 3.48. The van der Waals surface area contributed by atoms with E-state index in [1.54, 1.807) is 30.3 Å². The molecule has 0 radical (unpaired) electrons. The molecule has 2 aromatic rings. The van der Waals surface area contributed by atoms with Crippen LogP contribution in [0.15, 0.2) is 54.6 Å². The highest BCUT2D eigenvalue weighted by Crippen LogP contribution is 2.16. The van der Waals surface area contributed by atoms with Crippen LogP contribution in [-0.4, -0.2) is 17.8 Å². The van der Waals surface area contributed by atoms with Crippen LogP contribution >= 0.6 is 0 Å². The number of anilines is 2. The van der Waals surface area contributed by atoms with Crippen molar-refractivity contribution in [3.05, 3.63) is 65.7 Å². The fourth-order valence-corrected chi connectivity index (χ4v) is 2.09. The lowest BCUT2D eigenvalue weighted by molar-refractivity contribution is 0.104. The molecule has 9 nitrogen and oxygen atoms in total. The van der Waals surface area contributed by atoms with Gasteiger partial charge in [0.1, 0.15) is 0 Å². The number of rotatable bonds is 5. The number of hydrazine groups is 2. The van der Waals surface area contributed by atoms with Crippen LogP contribution in [0.3, 0.4) is 0 Å². The van der Waals surface area contributed by atoms with Crippen molar-refractivity contribution in [2.75, 3.05) is 10.0 Å². The summed E-state index contributed by atoms with van der Waals surface area (Å²) in [5.41, 5.74) is 12.0. The van der Waals surface area contributed by atoms with Crippen LogP contribution in [-0.2, 0) is 0 Å².